The lowest BCUT2D eigenvalue weighted by Crippen LogP contribution is -2.44. The molecule has 20 heavy (non-hydrogen) atoms. The van der Waals surface area contributed by atoms with E-state index in [1.807, 2.05) is 0 Å². The van der Waals surface area contributed by atoms with E-state index in [9.17, 15) is 4.79 Å². The summed E-state index contributed by atoms with van der Waals surface area (Å²) in [4.78, 5) is 21.9. The molecule has 1 aromatic rings. The number of anilines is 1. The molecule has 2 aliphatic heterocycles. The fraction of sp³-hybridized carbons (Fsp3) is 0.643. The van der Waals surface area contributed by atoms with Gasteiger partial charge in [0, 0.05) is 30.8 Å². The Kier molecular flexibility index (Phi) is 3.46. The third kappa shape index (κ3) is 2.42. The highest BCUT2D eigenvalue weighted by Gasteiger charge is 2.42. The quantitative estimate of drug-likeness (QED) is 0.903. The molecule has 0 aliphatic carbocycles. The van der Waals surface area contributed by atoms with Gasteiger partial charge in [-0.05, 0) is 31.6 Å². The van der Waals surface area contributed by atoms with Crippen LogP contribution in [0.1, 0.15) is 32.1 Å². The fourth-order valence-electron chi connectivity index (χ4n) is 3.60. The molecule has 1 N–H and O–H groups in total. The largest absolute Gasteiger partial charge is 0.481 e. The number of hydrogen-bond donors (Lipinski definition) is 1. The van der Waals surface area contributed by atoms with Crippen LogP contribution in [0.4, 0.5) is 5.95 Å². The zero-order valence-electron chi connectivity index (χ0n) is 11.5. The van der Waals surface area contributed by atoms with E-state index in [1.165, 1.54) is 0 Å². The molecular formula is C14H19N3O3. The lowest BCUT2D eigenvalue weighted by Gasteiger charge is -2.38. The summed E-state index contributed by atoms with van der Waals surface area (Å²) < 4.78 is 5.15. The van der Waals surface area contributed by atoms with Gasteiger partial charge in [0.15, 0.2) is 0 Å². The van der Waals surface area contributed by atoms with Crippen molar-refractivity contribution in [2.75, 3.05) is 12.0 Å². The smallest absolute Gasteiger partial charge is 0.303 e. The fourth-order valence-corrected chi connectivity index (χ4v) is 3.60. The van der Waals surface area contributed by atoms with Gasteiger partial charge in [-0.25, -0.2) is 4.98 Å². The second-order valence-electron chi connectivity index (χ2n) is 5.63. The number of carboxylic acid groups (broad SMARTS) is 1. The zero-order valence-corrected chi connectivity index (χ0v) is 11.5. The maximum Gasteiger partial charge on any atom is 0.303 e. The van der Waals surface area contributed by atoms with E-state index in [-0.39, 0.29) is 12.3 Å². The van der Waals surface area contributed by atoms with Crippen molar-refractivity contribution in [3.05, 3.63) is 12.3 Å². The average molecular weight is 277 g/mol. The van der Waals surface area contributed by atoms with Crippen LogP contribution in [-0.4, -0.2) is 40.2 Å². The molecule has 0 saturated carbocycles. The van der Waals surface area contributed by atoms with Gasteiger partial charge in [-0.2, -0.15) is 4.98 Å². The molecule has 2 saturated heterocycles. The molecule has 6 heteroatoms. The number of ether oxygens (including phenoxy) is 1. The second kappa shape index (κ2) is 5.26. The molecule has 0 aromatic carbocycles. The Morgan fingerprint density at radius 3 is 2.75 bits per heavy atom. The van der Waals surface area contributed by atoms with E-state index in [1.54, 1.807) is 19.4 Å². The Hall–Kier alpha value is -1.85. The molecule has 0 radical (unpaired) electrons. The van der Waals surface area contributed by atoms with Crippen LogP contribution in [0.15, 0.2) is 12.3 Å². The Bertz CT molecular complexity index is 494. The lowest BCUT2D eigenvalue weighted by atomic mass is 9.88. The number of methoxy groups -OCH3 is 1. The number of aliphatic carboxylic acids is 1. The van der Waals surface area contributed by atoms with Crippen LogP contribution in [0.5, 0.6) is 5.88 Å². The van der Waals surface area contributed by atoms with E-state index < -0.39 is 5.97 Å². The van der Waals surface area contributed by atoms with E-state index >= 15 is 0 Å². The van der Waals surface area contributed by atoms with E-state index in [2.05, 4.69) is 14.9 Å². The minimum Gasteiger partial charge on any atom is -0.481 e. The summed E-state index contributed by atoms with van der Waals surface area (Å²) in [6.07, 6.45) is 6.03. The van der Waals surface area contributed by atoms with Crippen molar-refractivity contribution < 1.29 is 14.6 Å². The molecule has 2 unspecified atom stereocenters. The van der Waals surface area contributed by atoms with Gasteiger partial charge in [0.25, 0.3) is 0 Å². The summed E-state index contributed by atoms with van der Waals surface area (Å²) in [5, 5.41) is 8.96. The van der Waals surface area contributed by atoms with Gasteiger partial charge in [-0.1, -0.05) is 0 Å². The molecule has 0 spiro atoms. The third-order valence-electron chi connectivity index (χ3n) is 4.35. The number of aromatic nitrogens is 2. The number of hydrogen-bond acceptors (Lipinski definition) is 5. The van der Waals surface area contributed by atoms with Crippen molar-refractivity contribution in [3.63, 3.8) is 0 Å². The first-order valence-corrected chi connectivity index (χ1v) is 7.04. The summed E-state index contributed by atoms with van der Waals surface area (Å²) in [6.45, 7) is 0. The number of nitrogens with zero attached hydrogens (tertiary/aromatic N) is 3. The third-order valence-corrected chi connectivity index (χ3v) is 4.35. The normalized spacial score (nSPS) is 28.4. The Morgan fingerprint density at radius 2 is 2.15 bits per heavy atom. The summed E-state index contributed by atoms with van der Waals surface area (Å²) in [5.74, 6) is 0.875. The number of carbonyl (C=O) groups is 1. The van der Waals surface area contributed by atoms with Gasteiger partial charge in [0.05, 0.1) is 7.11 Å². The predicted octanol–water partition coefficient (Wildman–Crippen LogP) is 1.71. The summed E-state index contributed by atoms with van der Waals surface area (Å²) in [5.41, 5.74) is 0. The average Bonchev–Trinajstić information content (AvgIpc) is 2.70. The van der Waals surface area contributed by atoms with Gasteiger partial charge >= 0.3 is 5.97 Å². The summed E-state index contributed by atoms with van der Waals surface area (Å²) in [6, 6.07) is 2.47. The van der Waals surface area contributed by atoms with Crippen LogP contribution < -0.4 is 9.64 Å². The second-order valence-corrected chi connectivity index (χ2v) is 5.63. The highest BCUT2D eigenvalue weighted by molar-refractivity contribution is 5.67. The minimum atomic E-state index is -0.694. The van der Waals surface area contributed by atoms with Gasteiger partial charge in [-0.3, -0.25) is 4.79 Å². The highest BCUT2D eigenvalue weighted by atomic mass is 16.5. The Labute approximate surface area is 117 Å². The summed E-state index contributed by atoms with van der Waals surface area (Å²) in [7, 11) is 1.60. The van der Waals surface area contributed by atoms with Crippen LogP contribution in [0.3, 0.4) is 0 Å². The molecule has 2 atom stereocenters. The maximum atomic E-state index is 10.9. The molecule has 0 amide bonds. The molecule has 1 aromatic heterocycles. The minimum absolute atomic E-state index is 0.278. The van der Waals surface area contributed by atoms with Gasteiger partial charge in [0.2, 0.25) is 11.8 Å². The Morgan fingerprint density at radius 1 is 1.45 bits per heavy atom. The molecule has 2 aliphatic rings. The van der Waals surface area contributed by atoms with Crippen LogP contribution in [0, 0.1) is 5.92 Å². The predicted molar refractivity (Wildman–Crippen MR) is 72.8 cm³/mol. The van der Waals surface area contributed by atoms with Gasteiger partial charge in [-0.15, -0.1) is 0 Å². The molecule has 3 rings (SSSR count). The molecular weight excluding hydrogens is 258 g/mol. The molecule has 6 nitrogen and oxygen atoms in total. The first kappa shape index (κ1) is 13.1. The van der Waals surface area contributed by atoms with Crippen molar-refractivity contribution in [1.29, 1.82) is 0 Å². The number of rotatable bonds is 4. The molecule has 2 fully saturated rings. The monoisotopic (exact) mass is 277 g/mol. The highest BCUT2D eigenvalue weighted by Crippen LogP contribution is 2.41. The zero-order chi connectivity index (χ0) is 14.1. The van der Waals surface area contributed by atoms with Crippen LogP contribution in [-0.2, 0) is 4.79 Å². The molecule has 3 heterocycles. The lowest BCUT2D eigenvalue weighted by molar-refractivity contribution is -0.138. The Balaban J connectivity index is 1.78. The van der Waals surface area contributed by atoms with Crippen LogP contribution in [0.2, 0.25) is 0 Å². The van der Waals surface area contributed by atoms with Crippen LogP contribution in [0.25, 0.3) is 0 Å². The standard InChI is InChI=1S/C14H19N3O3/c1-20-12-4-5-15-14(16-12)17-10-2-3-11(17)7-9(6-10)8-13(18)19/h4-5,9-11H,2-3,6-8H2,1H3,(H,18,19). The van der Waals surface area contributed by atoms with Crippen molar-refractivity contribution in [2.24, 2.45) is 5.92 Å². The molecule has 2 bridgehead atoms. The van der Waals surface area contributed by atoms with Gasteiger partial charge in [0.1, 0.15) is 0 Å². The maximum absolute atomic E-state index is 10.9. The number of fused-ring (bicyclic) bond motifs is 2. The summed E-state index contributed by atoms with van der Waals surface area (Å²) >= 11 is 0. The van der Waals surface area contributed by atoms with Crippen molar-refractivity contribution in [3.8, 4) is 5.88 Å². The van der Waals surface area contributed by atoms with Crippen molar-refractivity contribution in [2.45, 2.75) is 44.2 Å². The van der Waals surface area contributed by atoms with Gasteiger partial charge < -0.3 is 14.7 Å². The first-order chi connectivity index (χ1) is 9.67. The number of piperidine rings is 1. The van der Waals surface area contributed by atoms with Crippen molar-refractivity contribution >= 4 is 11.9 Å². The van der Waals surface area contributed by atoms with Crippen molar-refractivity contribution in [1.82, 2.24) is 9.97 Å². The first-order valence-electron chi connectivity index (χ1n) is 7.04. The van der Waals surface area contributed by atoms with Crippen LogP contribution >= 0.6 is 0 Å². The topological polar surface area (TPSA) is 75.5 Å². The van der Waals surface area contributed by atoms with E-state index in [4.69, 9.17) is 9.84 Å². The SMILES string of the molecule is COc1ccnc(N2C3CCC2CC(CC(=O)O)C3)n1. The molecule has 108 valence electrons. The van der Waals surface area contributed by atoms with E-state index in [0.29, 0.717) is 23.9 Å². The number of carboxylic acids is 1. The van der Waals surface area contributed by atoms with E-state index in [0.717, 1.165) is 25.7 Å².